The number of carbonyl (C=O) groups is 1. The number of carboxylic acids is 1. The van der Waals surface area contributed by atoms with E-state index in [1.165, 1.54) is 0 Å². The molecule has 1 N–H and O–H groups in total. The number of carboxylic acid groups (broad SMARTS) is 1. The van der Waals surface area contributed by atoms with E-state index in [9.17, 15) is 4.79 Å². The zero-order valence-corrected chi connectivity index (χ0v) is 12.6. The van der Waals surface area contributed by atoms with Crippen molar-refractivity contribution in [2.45, 2.75) is 19.6 Å². The molecule has 0 amide bonds. The van der Waals surface area contributed by atoms with Crippen molar-refractivity contribution in [3.63, 3.8) is 0 Å². The van der Waals surface area contributed by atoms with E-state index >= 15 is 0 Å². The van der Waals surface area contributed by atoms with Crippen molar-refractivity contribution in [3.8, 4) is 0 Å². The maximum absolute atomic E-state index is 11.0. The van der Waals surface area contributed by atoms with Crippen molar-refractivity contribution >= 4 is 46.7 Å². The summed E-state index contributed by atoms with van der Waals surface area (Å²) < 4.78 is 0. The van der Waals surface area contributed by atoms with Crippen LogP contribution >= 0.6 is 35.1 Å². The first-order chi connectivity index (χ1) is 9.54. The minimum Gasteiger partial charge on any atom is -0.478 e. The lowest BCUT2D eigenvalue weighted by molar-refractivity contribution is -0.130. The van der Waals surface area contributed by atoms with Crippen LogP contribution < -0.4 is 0 Å². The Labute approximate surface area is 129 Å². The lowest BCUT2D eigenvalue weighted by atomic mass is 10.1. The van der Waals surface area contributed by atoms with Gasteiger partial charge in [-0.25, -0.2) is 4.79 Å². The molecule has 3 rings (SSSR count). The van der Waals surface area contributed by atoms with Crippen LogP contribution in [0.3, 0.4) is 0 Å². The second kappa shape index (κ2) is 5.20. The van der Waals surface area contributed by atoms with Crippen molar-refractivity contribution in [1.82, 2.24) is 0 Å². The van der Waals surface area contributed by atoms with Gasteiger partial charge >= 0.3 is 5.97 Å². The second-order valence-electron chi connectivity index (χ2n) is 4.24. The second-order valence-corrected chi connectivity index (χ2v) is 6.84. The Hall–Kier alpha value is -1.36. The van der Waals surface area contributed by atoms with Crippen LogP contribution in [-0.2, 0) is 4.79 Å². The highest BCUT2D eigenvalue weighted by Gasteiger charge is 2.19. The van der Waals surface area contributed by atoms with Crippen LogP contribution in [0.15, 0.2) is 62.6 Å². The minimum atomic E-state index is -0.998. The minimum absolute atomic E-state index is 0.107. The van der Waals surface area contributed by atoms with Gasteiger partial charge in [0.2, 0.25) is 0 Å². The van der Waals surface area contributed by atoms with Crippen LogP contribution in [0.2, 0.25) is 5.02 Å². The first-order valence-corrected chi connectivity index (χ1v) is 7.77. The van der Waals surface area contributed by atoms with E-state index in [0.717, 1.165) is 19.6 Å². The Morgan fingerprint density at radius 2 is 1.60 bits per heavy atom. The topological polar surface area (TPSA) is 37.3 Å². The molecule has 0 aliphatic carbocycles. The Morgan fingerprint density at radius 1 is 1.00 bits per heavy atom. The fourth-order valence-electron chi connectivity index (χ4n) is 1.87. The van der Waals surface area contributed by atoms with Gasteiger partial charge in [0, 0.05) is 24.6 Å². The van der Waals surface area contributed by atoms with Crippen molar-refractivity contribution in [1.29, 1.82) is 0 Å². The molecule has 0 atom stereocenters. The highest BCUT2D eigenvalue weighted by Crippen LogP contribution is 2.49. The molecular weight excluding hydrogens is 312 g/mol. The quantitative estimate of drug-likeness (QED) is 0.670. The first-order valence-electron chi connectivity index (χ1n) is 5.76. The molecular formula is C15H9ClO2S2. The molecule has 5 heteroatoms. The molecule has 0 saturated heterocycles. The third kappa shape index (κ3) is 2.46. The number of aliphatic carboxylic acids is 1. The average Bonchev–Trinajstić information content (AvgIpc) is 2.43. The van der Waals surface area contributed by atoms with E-state index in [1.54, 1.807) is 29.6 Å². The molecule has 1 aliphatic rings. The zero-order valence-electron chi connectivity index (χ0n) is 10.2. The summed E-state index contributed by atoms with van der Waals surface area (Å²) in [6.07, 6.45) is 0. The molecule has 0 unspecified atom stereocenters. The Morgan fingerprint density at radius 3 is 2.30 bits per heavy atom. The largest absolute Gasteiger partial charge is 0.478 e. The van der Waals surface area contributed by atoms with Crippen LogP contribution in [-0.4, -0.2) is 11.1 Å². The number of halogens is 1. The molecule has 2 nitrogen and oxygen atoms in total. The normalized spacial score (nSPS) is 12.4. The zero-order chi connectivity index (χ0) is 14.3. The van der Waals surface area contributed by atoms with Crippen molar-refractivity contribution in [3.05, 3.63) is 53.6 Å². The van der Waals surface area contributed by atoms with E-state index in [1.807, 2.05) is 30.3 Å². The SMILES string of the molecule is C=C(C(=O)O)c1ccc2c(c1)Sc1cc(Cl)ccc1S2. The Kier molecular flexibility index (Phi) is 3.54. The molecule has 0 radical (unpaired) electrons. The average molecular weight is 321 g/mol. The highest BCUT2D eigenvalue weighted by atomic mass is 35.5. The molecule has 0 bridgehead atoms. The lowest BCUT2D eigenvalue weighted by Crippen LogP contribution is -1.99. The van der Waals surface area contributed by atoms with Gasteiger partial charge < -0.3 is 5.11 Å². The molecule has 0 aromatic heterocycles. The molecule has 20 heavy (non-hydrogen) atoms. The summed E-state index contributed by atoms with van der Waals surface area (Å²) >= 11 is 9.28. The summed E-state index contributed by atoms with van der Waals surface area (Å²) in [6.45, 7) is 3.60. The molecule has 0 saturated carbocycles. The number of hydrogen-bond donors (Lipinski definition) is 1. The predicted octanol–water partition coefficient (Wildman–Crippen LogP) is 5.05. The molecule has 2 aromatic carbocycles. The monoisotopic (exact) mass is 320 g/mol. The number of fused-ring (bicyclic) bond motifs is 2. The molecule has 0 spiro atoms. The summed E-state index contributed by atoms with van der Waals surface area (Å²) in [7, 11) is 0. The van der Waals surface area contributed by atoms with Crippen LogP contribution in [0, 0.1) is 0 Å². The lowest BCUT2D eigenvalue weighted by Gasteiger charge is -2.19. The van der Waals surface area contributed by atoms with Gasteiger partial charge in [0.15, 0.2) is 0 Å². The van der Waals surface area contributed by atoms with Crippen molar-refractivity contribution in [2.75, 3.05) is 0 Å². The summed E-state index contributed by atoms with van der Waals surface area (Å²) in [4.78, 5) is 15.4. The van der Waals surface area contributed by atoms with Crippen molar-refractivity contribution in [2.24, 2.45) is 0 Å². The molecule has 1 heterocycles. The van der Waals surface area contributed by atoms with Crippen LogP contribution in [0.5, 0.6) is 0 Å². The fourth-order valence-corrected chi connectivity index (χ4v) is 4.38. The predicted molar refractivity (Wildman–Crippen MR) is 82.8 cm³/mol. The summed E-state index contributed by atoms with van der Waals surface area (Å²) in [5.41, 5.74) is 0.741. The Balaban J connectivity index is 2.01. The molecule has 2 aromatic rings. The van der Waals surface area contributed by atoms with E-state index in [2.05, 4.69) is 6.58 Å². The van der Waals surface area contributed by atoms with Crippen LogP contribution in [0.25, 0.3) is 5.57 Å². The van der Waals surface area contributed by atoms with Gasteiger partial charge in [-0.2, -0.15) is 0 Å². The third-order valence-corrected chi connectivity index (χ3v) is 5.66. The van der Waals surface area contributed by atoms with Gasteiger partial charge in [0.1, 0.15) is 0 Å². The van der Waals surface area contributed by atoms with E-state index in [-0.39, 0.29) is 5.57 Å². The van der Waals surface area contributed by atoms with E-state index < -0.39 is 5.97 Å². The van der Waals surface area contributed by atoms with Crippen LogP contribution in [0.4, 0.5) is 0 Å². The molecule has 0 fully saturated rings. The van der Waals surface area contributed by atoms with E-state index in [4.69, 9.17) is 16.7 Å². The molecule has 100 valence electrons. The van der Waals surface area contributed by atoms with Crippen LogP contribution in [0.1, 0.15) is 5.56 Å². The standard InChI is InChI=1S/C15H9ClO2S2/c1-8(15(17)18)9-2-4-11-13(6-9)20-14-7-10(16)3-5-12(14)19-11/h2-7H,1H2,(H,17,18). The third-order valence-electron chi connectivity index (χ3n) is 2.90. The van der Waals surface area contributed by atoms with Gasteiger partial charge in [-0.1, -0.05) is 47.8 Å². The summed E-state index contributed by atoms with van der Waals surface area (Å²) in [5.74, 6) is -0.998. The maximum Gasteiger partial charge on any atom is 0.335 e. The van der Waals surface area contributed by atoms with E-state index in [0.29, 0.717) is 10.6 Å². The van der Waals surface area contributed by atoms with Gasteiger partial charge in [-0.05, 0) is 35.9 Å². The number of benzene rings is 2. The van der Waals surface area contributed by atoms with Crippen molar-refractivity contribution < 1.29 is 9.90 Å². The fraction of sp³-hybridized carbons (Fsp3) is 0. The van der Waals surface area contributed by atoms with Gasteiger partial charge in [-0.3, -0.25) is 0 Å². The first kappa shape index (κ1) is 13.6. The smallest absolute Gasteiger partial charge is 0.335 e. The van der Waals surface area contributed by atoms with Gasteiger partial charge in [0.25, 0.3) is 0 Å². The summed E-state index contributed by atoms with van der Waals surface area (Å²) in [6, 6.07) is 11.4. The number of rotatable bonds is 2. The summed E-state index contributed by atoms with van der Waals surface area (Å²) in [5, 5.41) is 9.71. The Bertz CT molecular complexity index is 741. The molecule has 1 aliphatic heterocycles. The maximum atomic E-state index is 11.0. The van der Waals surface area contributed by atoms with Gasteiger partial charge in [-0.15, -0.1) is 0 Å². The highest BCUT2D eigenvalue weighted by molar-refractivity contribution is 8.05. The number of hydrogen-bond acceptors (Lipinski definition) is 3. The van der Waals surface area contributed by atoms with Gasteiger partial charge in [0.05, 0.1) is 5.57 Å².